The van der Waals surface area contributed by atoms with Crippen LogP contribution >= 0.6 is 80.7 Å². The van der Waals surface area contributed by atoms with E-state index in [1.165, 1.54) is 22.0 Å². The highest BCUT2D eigenvalue weighted by Gasteiger charge is 2.21. The van der Waals surface area contributed by atoms with Crippen molar-refractivity contribution in [2.24, 2.45) is 0 Å². The lowest BCUT2D eigenvalue weighted by Gasteiger charge is -2.05. The van der Waals surface area contributed by atoms with Gasteiger partial charge in [0.1, 0.15) is 4.83 Å². The molecule has 0 aliphatic heterocycles. The van der Waals surface area contributed by atoms with Crippen molar-refractivity contribution < 1.29 is 9.59 Å². The van der Waals surface area contributed by atoms with E-state index in [2.05, 4.69) is 34.4 Å². The van der Waals surface area contributed by atoms with Crippen LogP contribution in [-0.2, 0) is 0 Å². The maximum Gasteiger partial charge on any atom is 0.253 e. The summed E-state index contributed by atoms with van der Waals surface area (Å²) in [7, 11) is 0. The summed E-state index contributed by atoms with van der Waals surface area (Å²) in [5.41, 5.74) is 3.44. The number of hydrogen-bond acceptors (Lipinski definition) is 4. The minimum Gasteiger partial charge on any atom is -0.350 e. The fourth-order valence-corrected chi connectivity index (χ4v) is 6.44. The summed E-state index contributed by atoms with van der Waals surface area (Å²) in [4.78, 5) is 32.0. The monoisotopic (exact) mass is 654 g/mol. The molecule has 4 aromatic heterocycles. The van der Waals surface area contributed by atoms with E-state index in [0.717, 1.165) is 15.9 Å². The van der Waals surface area contributed by atoms with Crippen LogP contribution in [0.15, 0.2) is 65.4 Å². The van der Waals surface area contributed by atoms with Crippen molar-refractivity contribution in [1.29, 1.82) is 0 Å². The zero-order chi connectivity index (χ0) is 28.3. The molecular weight excluding hydrogens is 638 g/mol. The van der Waals surface area contributed by atoms with E-state index in [4.69, 9.17) is 58.0 Å². The molecular formula is C28H19Cl5N2O2S2. The molecule has 0 fully saturated rings. The van der Waals surface area contributed by atoms with Crippen LogP contribution in [0, 0.1) is 13.8 Å². The third kappa shape index (κ3) is 6.72. The smallest absolute Gasteiger partial charge is 0.253 e. The molecule has 0 saturated heterocycles. The van der Waals surface area contributed by atoms with E-state index in [9.17, 15) is 9.59 Å². The molecule has 11 heteroatoms. The number of aryl methyl sites for hydroxylation is 2. The van der Waals surface area contributed by atoms with Gasteiger partial charge >= 0.3 is 0 Å². The molecule has 4 nitrogen and oxygen atoms in total. The van der Waals surface area contributed by atoms with Crippen molar-refractivity contribution in [3.05, 3.63) is 114 Å². The van der Waals surface area contributed by atoms with Crippen molar-refractivity contribution in [1.82, 2.24) is 9.97 Å². The molecule has 0 atom stereocenters. The molecule has 200 valence electrons. The Balaban J connectivity index is 0.000000149. The van der Waals surface area contributed by atoms with Crippen molar-refractivity contribution in [2.75, 3.05) is 0 Å². The molecule has 4 heterocycles. The van der Waals surface area contributed by atoms with Gasteiger partial charge in [-0.1, -0.05) is 58.5 Å². The third-order valence-electron chi connectivity index (χ3n) is 5.58. The summed E-state index contributed by atoms with van der Waals surface area (Å²) in [5.74, 6) is -0.102. The van der Waals surface area contributed by atoms with Gasteiger partial charge in [-0.15, -0.1) is 22.7 Å². The number of aromatic amines is 2. The molecule has 0 radical (unpaired) electrons. The lowest BCUT2D eigenvalue weighted by molar-refractivity contribution is 0.103. The highest BCUT2D eigenvalue weighted by atomic mass is 35.5. The average molecular weight is 657 g/mol. The lowest BCUT2D eigenvalue weighted by Crippen LogP contribution is -2.03. The Kier molecular flexibility index (Phi) is 9.83. The number of aromatic nitrogens is 2. The molecule has 6 rings (SSSR count). The first kappa shape index (κ1) is 29.7. The molecule has 0 unspecified atom stereocenters. The first-order valence-corrected chi connectivity index (χ1v) is 14.9. The summed E-state index contributed by atoms with van der Waals surface area (Å²) >= 11 is 31.9. The normalized spacial score (nSPS) is 10.6. The number of thiophene rings is 2. The zero-order valence-electron chi connectivity index (χ0n) is 20.4. The number of halogens is 5. The predicted octanol–water partition coefficient (Wildman–Crippen LogP) is 11.0. The van der Waals surface area contributed by atoms with E-state index in [1.54, 1.807) is 53.0 Å². The van der Waals surface area contributed by atoms with Gasteiger partial charge in [0, 0.05) is 27.7 Å². The Hall–Kier alpha value is -2.29. The quantitative estimate of drug-likeness (QED) is 0.147. The largest absolute Gasteiger partial charge is 0.350 e. The van der Waals surface area contributed by atoms with Gasteiger partial charge in [-0.05, 0) is 78.7 Å². The number of ketones is 1. The van der Waals surface area contributed by atoms with Crippen molar-refractivity contribution in [3.63, 3.8) is 0 Å². The van der Waals surface area contributed by atoms with Crippen molar-refractivity contribution in [3.8, 4) is 0 Å². The first-order valence-electron chi connectivity index (χ1n) is 11.3. The van der Waals surface area contributed by atoms with Crippen LogP contribution in [0.4, 0.5) is 0 Å². The van der Waals surface area contributed by atoms with Crippen LogP contribution in [-0.4, -0.2) is 21.0 Å². The van der Waals surface area contributed by atoms with Gasteiger partial charge in [0.05, 0.1) is 36.0 Å². The predicted molar refractivity (Wildman–Crippen MR) is 168 cm³/mol. The van der Waals surface area contributed by atoms with Crippen LogP contribution in [0.5, 0.6) is 0 Å². The highest BCUT2D eigenvalue weighted by Crippen LogP contribution is 2.32. The Morgan fingerprint density at radius 3 is 1.95 bits per heavy atom. The second-order valence-electron chi connectivity index (χ2n) is 8.25. The van der Waals surface area contributed by atoms with E-state index >= 15 is 0 Å². The first-order chi connectivity index (χ1) is 18.6. The lowest BCUT2D eigenvalue weighted by atomic mass is 10.0. The standard InChI is InChI=1S/C14H9Cl2NOS.C7H3Cl3O.C7H7NS/c1-7-11(8-5-6-19-14(8)17-7)13(18)9-3-2-4-10(15)12(9)16;8-5-3-1-2-4(6(5)9)7(10)11;1-5-4-6-2-3-9-7(6)8-5/h2-6,17H,1H3;1-3H;2-4,8H,1H3. The summed E-state index contributed by atoms with van der Waals surface area (Å²) in [6, 6.07) is 16.0. The molecule has 0 bridgehead atoms. The fourth-order valence-electron chi connectivity index (χ4n) is 3.78. The number of benzene rings is 2. The number of H-pyrrole nitrogens is 2. The fraction of sp³-hybridized carbons (Fsp3) is 0.0714. The molecule has 6 aromatic rings. The Labute approximate surface area is 257 Å². The van der Waals surface area contributed by atoms with Gasteiger partial charge in [-0.3, -0.25) is 9.59 Å². The number of fused-ring (bicyclic) bond motifs is 2. The van der Waals surface area contributed by atoms with Crippen LogP contribution in [0.2, 0.25) is 20.1 Å². The van der Waals surface area contributed by atoms with Gasteiger partial charge in [-0.2, -0.15) is 0 Å². The zero-order valence-corrected chi connectivity index (χ0v) is 25.8. The summed E-state index contributed by atoms with van der Waals surface area (Å²) in [6.45, 7) is 3.96. The van der Waals surface area contributed by atoms with Gasteiger partial charge in [0.15, 0.2) is 5.78 Å². The van der Waals surface area contributed by atoms with Crippen molar-refractivity contribution >= 4 is 112 Å². The van der Waals surface area contributed by atoms with E-state index in [-0.39, 0.29) is 16.4 Å². The number of carbonyl (C=O) groups is 2. The molecule has 2 N–H and O–H groups in total. The van der Waals surface area contributed by atoms with Gasteiger partial charge in [-0.25, -0.2) is 0 Å². The molecule has 0 amide bonds. The number of carbonyl (C=O) groups excluding carboxylic acids is 2. The maximum atomic E-state index is 12.7. The van der Waals surface area contributed by atoms with E-state index in [1.807, 2.05) is 18.4 Å². The Bertz CT molecular complexity index is 1770. The molecule has 0 spiro atoms. The van der Waals surface area contributed by atoms with E-state index < -0.39 is 5.24 Å². The van der Waals surface area contributed by atoms with Crippen molar-refractivity contribution in [2.45, 2.75) is 13.8 Å². The summed E-state index contributed by atoms with van der Waals surface area (Å²) in [5, 5.41) is 6.95. The van der Waals surface area contributed by atoms with Crippen LogP contribution in [0.3, 0.4) is 0 Å². The molecule has 0 aliphatic carbocycles. The topological polar surface area (TPSA) is 65.7 Å². The van der Waals surface area contributed by atoms with Crippen LogP contribution in [0.25, 0.3) is 20.4 Å². The number of rotatable bonds is 3. The molecule has 2 aromatic carbocycles. The number of hydrogen-bond donors (Lipinski definition) is 2. The Morgan fingerprint density at radius 1 is 0.744 bits per heavy atom. The van der Waals surface area contributed by atoms with Gasteiger partial charge in [0.2, 0.25) is 0 Å². The highest BCUT2D eigenvalue weighted by molar-refractivity contribution is 7.17. The second kappa shape index (κ2) is 12.9. The molecule has 0 saturated carbocycles. The van der Waals surface area contributed by atoms with Crippen LogP contribution < -0.4 is 0 Å². The summed E-state index contributed by atoms with van der Waals surface area (Å²) in [6.07, 6.45) is 0. The number of nitrogens with one attached hydrogen (secondary N) is 2. The van der Waals surface area contributed by atoms with Crippen LogP contribution in [0.1, 0.15) is 37.7 Å². The Morgan fingerprint density at radius 2 is 1.33 bits per heavy atom. The van der Waals surface area contributed by atoms with Gasteiger partial charge < -0.3 is 9.97 Å². The minimum atomic E-state index is -0.600. The summed E-state index contributed by atoms with van der Waals surface area (Å²) < 4.78 is 0. The van der Waals surface area contributed by atoms with Gasteiger partial charge in [0.25, 0.3) is 5.24 Å². The minimum absolute atomic E-state index is 0.102. The maximum absolute atomic E-state index is 12.7. The molecule has 0 aliphatic rings. The average Bonchev–Trinajstić information content (AvgIpc) is 3.65. The second-order valence-corrected chi connectivity index (χ2v) is 12.0. The molecule has 39 heavy (non-hydrogen) atoms. The third-order valence-corrected chi connectivity index (χ3v) is 9.09. The van der Waals surface area contributed by atoms with E-state index in [0.29, 0.717) is 26.2 Å². The SMILES string of the molecule is Cc1[nH]c2sccc2c1C(=O)c1cccc(Cl)c1Cl.Cc1cc2ccsc2[nH]1.O=C(Cl)c1cccc(Cl)c1Cl.